The number of hydrogen-bond donors (Lipinski definition) is 4. The van der Waals surface area contributed by atoms with Gasteiger partial charge in [0.1, 0.15) is 29.6 Å². The monoisotopic (exact) mass is 499 g/mol. The Balaban J connectivity index is 1.71. The predicted octanol–water partition coefficient (Wildman–Crippen LogP) is 2.19. The molecule has 1 aliphatic heterocycles. The van der Waals surface area contributed by atoms with Crippen LogP contribution < -0.4 is 5.73 Å². The van der Waals surface area contributed by atoms with Gasteiger partial charge >= 0.3 is 0 Å². The van der Waals surface area contributed by atoms with Crippen LogP contribution in [0, 0.1) is 5.82 Å². The zero-order chi connectivity index (χ0) is 24.7. The number of anilines is 1. The van der Waals surface area contributed by atoms with Crippen LogP contribution in [0.5, 0.6) is 0 Å². The summed E-state index contributed by atoms with van der Waals surface area (Å²) in [7, 11) is 0. The molecule has 9 nitrogen and oxygen atoms in total. The molecule has 3 heterocycles. The van der Waals surface area contributed by atoms with Gasteiger partial charge in [0, 0.05) is 12.3 Å². The van der Waals surface area contributed by atoms with Crippen molar-refractivity contribution in [2.75, 3.05) is 12.3 Å². The number of halogens is 2. The Bertz CT molecular complexity index is 1340. The van der Waals surface area contributed by atoms with Gasteiger partial charge in [-0.1, -0.05) is 42.5 Å². The zero-order valence-corrected chi connectivity index (χ0v) is 19.1. The highest BCUT2D eigenvalue weighted by Crippen LogP contribution is 2.46. The molecule has 0 saturated carbocycles. The third-order valence-corrected chi connectivity index (χ3v) is 6.65. The highest BCUT2D eigenvalue weighted by molar-refractivity contribution is 6.28. The lowest BCUT2D eigenvalue weighted by molar-refractivity contribution is -0.152. The van der Waals surface area contributed by atoms with Crippen molar-refractivity contribution in [1.29, 1.82) is 0 Å². The van der Waals surface area contributed by atoms with E-state index in [1.165, 1.54) is 23.0 Å². The molecule has 0 bridgehead atoms. The predicted molar refractivity (Wildman–Crippen MR) is 126 cm³/mol. The minimum absolute atomic E-state index is 0.0405. The molecule has 0 spiro atoms. The molecule has 1 saturated heterocycles. The minimum atomic E-state index is -1.64. The molecular formula is C24H23ClFN5O4. The lowest BCUT2D eigenvalue weighted by Crippen LogP contribution is -2.46. The van der Waals surface area contributed by atoms with E-state index in [9.17, 15) is 19.7 Å². The lowest BCUT2D eigenvalue weighted by atomic mass is 9.82. The molecule has 0 radical (unpaired) electrons. The number of ether oxygens (including phenoxy) is 1. The van der Waals surface area contributed by atoms with E-state index >= 15 is 0 Å². The highest BCUT2D eigenvalue weighted by Gasteiger charge is 2.57. The van der Waals surface area contributed by atoms with E-state index < -0.39 is 36.6 Å². The van der Waals surface area contributed by atoms with Crippen LogP contribution in [0.15, 0.2) is 60.9 Å². The van der Waals surface area contributed by atoms with Gasteiger partial charge in [-0.05, 0) is 34.9 Å². The van der Waals surface area contributed by atoms with E-state index in [0.717, 1.165) is 11.1 Å². The number of imidazole rings is 1. The van der Waals surface area contributed by atoms with Crippen LogP contribution in [0.1, 0.15) is 23.5 Å². The van der Waals surface area contributed by atoms with E-state index in [0.29, 0.717) is 0 Å². The molecule has 5 atom stereocenters. The van der Waals surface area contributed by atoms with Crippen molar-refractivity contribution in [1.82, 2.24) is 19.5 Å². The van der Waals surface area contributed by atoms with E-state index in [4.69, 9.17) is 22.1 Å². The summed E-state index contributed by atoms with van der Waals surface area (Å²) in [5, 5.41) is 31.9. The Labute approximate surface area is 204 Å². The molecule has 0 amide bonds. The smallest absolute Gasteiger partial charge is 0.226 e. The Kier molecular flexibility index (Phi) is 6.16. The van der Waals surface area contributed by atoms with Crippen LogP contribution in [0.4, 0.5) is 10.2 Å². The highest BCUT2D eigenvalue weighted by atomic mass is 35.5. The van der Waals surface area contributed by atoms with Gasteiger partial charge in [-0.15, -0.1) is 0 Å². The molecule has 1 unspecified atom stereocenters. The molecule has 1 fully saturated rings. The number of nitrogens with zero attached hydrogens (tertiary/aromatic N) is 4. The van der Waals surface area contributed by atoms with Gasteiger partial charge in [0.2, 0.25) is 5.28 Å². The molecule has 0 aliphatic carbocycles. The fourth-order valence-corrected chi connectivity index (χ4v) is 4.93. The van der Waals surface area contributed by atoms with Gasteiger partial charge in [-0.25, -0.2) is 9.37 Å². The number of rotatable bonds is 6. The maximum absolute atomic E-state index is 13.7. The quantitative estimate of drug-likeness (QED) is 0.296. The van der Waals surface area contributed by atoms with Crippen LogP contribution in [-0.4, -0.2) is 59.8 Å². The summed E-state index contributed by atoms with van der Waals surface area (Å²) in [5.41, 5.74) is 6.40. The molecular weight excluding hydrogens is 477 g/mol. The van der Waals surface area contributed by atoms with Gasteiger partial charge in [-0.2, -0.15) is 9.97 Å². The molecule has 2 aromatic carbocycles. The Morgan fingerprint density at radius 1 is 1.09 bits per heavy atom. The molecule has 35 heavy (non-hydrogen) atoms. The number of fused-ring (bicyclic) bond motifs is 1. The lowest BCUT2D eigenvalue weighted by Gasteiger charge is -2.37. The van der Waals surface area contributed by atoms with E-state index in [1.54, 1.807) is 12.1 Å². The normalized spacial score (nSPS) is 25.2. The summed E-state index contributed by atoms with van der Waals surface area (Å²) in [4.78, 5) is 12.5. The number of nitrogen functional groups attached to an aromatic ring is 1. The van der Waals surface area contributed by atoms with Crippen molar-refractivity contribution < 1.29 is 24.4 Å². The van der Waals surface area contributed by atoms with E-state index in [-0.39, 0.29) is 34.5 Å². The van der Waals surface area contributed by atoms with Crippen LogP contribution in [0.25, 0.3) is 11.2 Å². The van der Waals surface area contributed by atoms with Crippen molar-refractivity contribution in [2.24, 2.45) is 0 Å². The van der Waals surface area contributed by atoms with Crippen molar-refractivity contribution >= 4 is 28.6 Å². The molecule has 1 aliphatic rings. The first-order chi connectivity index (χ1) is 16.8. The zero-order valence-electron chi connectivity index (χ0n) is 18.4. The van der Waals surface area contributed by atoms with Crippen LogP contribution >= 0.6 is 11.6 Å². The molecule has 11 heteroatoms. The van der Waals surface area contributed by atoms with Gasteiger partial charge < -0.3 is 25.8 Å². The molecule has 182 valence electrons. The van der Waals surface area contributed by atoms with Gasteiger partial charge in [0.25, 0.3) is 0 Å². The maximum Gasteiger partial charge on any atom is 0.226 e. The number of aliphatic hydroxyl groups is 3. The number of aromatic nitrogens is 4. The number of benzene rings is 2. The second-order valence-corrected chi connectivity index (χ2v) is 8.84. The minimum Gasteiger partial charge on any atom is -0.394 e. The second-order valence-electron chi connectivity index (χ2n) is 8.50. The van der Waals surface area contributed by atoms with Crippen molar-refractivity contribution in [3.63, 3.8) is 0 Å². The fourth-order valence-electron chi connectivity index (χ4n) is 4.76. The first-order valence-corrected chi connectivity index (χ1v) is 11.3. The fraction of sp³-hybridized carbons (Fsp3) is 0.292. The van der Waals surface area contributed by atoms with Gasteiger partial charge in [-0.3, -0.25) is 4.57 Å². The number of nitrogens with two attached hydrogens (primary N) is 1. The number of hydrogen-bond acceptors (Lipinski definition) is 8. The summed E-state index contributed by atoms with van der Waals surface area (Å²) < 4.78 is 21.4. The van der Waals surface area contributed by atoms with Crippen molar-refractivity contribution in [2.45, 2.75) is 36.4 Å². The summed E-state index contributed by atoms with van der Waals surface area (Å²) >= 11 is 6.07. The second kappa shape index (κ2) is 9.14. The standard InChI is InChI=1S/C24H23ClFN5O4/c25-23-29-21(27)18-22(30-23)31(12-28-18)24(20(34)19(33)17(11-32)35-24)10-16(13-4-2-1-3-5-13)14-6-8-15(26)9-7-14/h1-9,12,16-17,19-20,32-34H,10-11H2,(H2,27,29,30)/t16?,17-,19-,20-,24-/m1/s1. The summed E-state index contributed by atoms with van der Waals surface area (Å²) in [6.07, 6.45) is -2.52. The third-order valence-electron chi connectivity index (χ3n) is 6.48. The number of aliphatic hydroxyl groups excluding tert-OH is 3. The Hall–Kier alpha value is -3.15. The summed E-state index contributed by atoms with van der Waals surface area (Å²) in [5.74, 6) is -0.757. The average molecular weight is 500 g/mol. The summed E-state index contributed by atoms with van der Waals surface area (Å²) in [6, 6.07) is 15.5. The van der Waals surface area contributed by atoms with Crippen LogP contribution in [0.3, 0.4) is 0 Å². The van der Waals surface area contributed by atoms with Crippen LogP contribution in [0.2, 0.25) is 5.28 Å². The largest absolute Gasteiger partial charge is 0.394 e. The van der Waals surface area contributed by atoms with Crippen molar-refractivity contribution in [3.8, 4) is 0 Å². The maximum atomic E-state index is 13.7. The Morgan fingerprint density at radius 2 is 1.77 bits per heavy atom. The average Bonchev–Trinajstić information content (AvgIpc) is 3.39. The third kappa shape index (κ3) is 4.03. The SMILES string of the molecule is Nc1nc(Cl)nc2c1ncn2[C@]1(CC(c2ccccc2)c2ccc(F)cc2)O[C@H](CO)[C@@H](O)[C@H]1O. The first-order valence-electron chi connectivity index (χ1n) is 11.0. The molecule has 4 aromatic rings. The molecule has 5 N–H and O–H groups in total. The van der Waals surface area contributed by atoms with E-state index in [1.807, 2.05) is 30.3 Å². The molecule has 2 aromatic heterocycles. The van der Waals surface area contributed by atoms with Crippen molar-refractivity contribution in [3.05, 3.63) is 83.2 Å². The molecule has 5 rings (SSSR count). The van der Waals surface area contributed by atoms with Crippen LogP contribution in [-0.2, 0) is 10.5 Å². The van der Waals surface area contributed by atoms with Gasteiger partial charge in [0.15, 0.2) is 17.2 Å². The topological polar surface area (TPSA) is 140 Å². The summed E-state index contributed by atoms with van der Waals surface area (Å²) in [6.45, 7) is -0.531. The van der Waals surface area contributed by atoms with E-state index in [2.05, 4.69) is 15.0 Å². The first kappa shape index (κ1) is 23.6. The van der Waals surface area contributed by atoms with Gasteiger partial charge in [0.05, 0.1) is 12.9 Å². The Morgan fingerprint density at radius 3 is 2.43 bits per heavy atom.